The van der Waals surface area contributed by atoms with Gasteiger partial charge < -0.3 is 4.90 Å². The number of hydrogen-bond acceptors (Lipinski definition) is 2. The molecule has 1 aliphatic heterocycles. The zero-order valence-electron chi connectivity index (χ0n) is 11.7. The molecule has 0 amide bonds. The maximum atomic E-state index is 12.0. The molecule has 1 heterocycles. The van der Waals surface area contributed by atoms with Gasteiger partial charge in [0.15, 0.2) is 5.78 Å². The Kier molecular flexibility index (Phi) is 3.12. The molecule has 0 fully saturated rings. The summed E-state index contributed by atoms with van der Waals surface area (Å²) < 4.78 is 0. The number of carbonyl (C=O) groups is 1. The molecule has 0 bridgehead atoms. The molecule has 0 atom stereocenters. The van der Waals surface area contributed by atoms with Crippen molar-refractivity contribution in [3.63, 3.8) is 0 Å². The highest BCUT2D eigenvalue weighted by atomic mass is 16.1. The lowest BCUT2D eigenvalue weighted by Crippen LogP contribution is -2.15. The summed E-state index contributed by atoms with van der Waals surface area (Å²) in [5.74, 6) is 0.176. The summed E-state index contributed by atoms with van der Waals surface area (Å²) in [6.45, 7) is 7.89. The van der Waals surface area contributed by atoms with E-state index in [0.29, 0.717) is 0 Å². The number of Topliss-reactive ketones (excluding diaryl/α,β-unsaturated/α-hetero) is 1. The molecular formula is C16H19NO. The summed E-state index contributed by atoms with van der Waals surface area (Å²) in [6.07, 6.45) is 8.26. The molecular weight excluding hydrogens is 222 g/mol. The van der Waals surface area contributed by atoms with Gasteiger partial charge in [-0.15, -0.1) is 0 Å². The Balaban J connectivity index is 2.64. The molecule has 94 valence electrons. The van der Waals surface area contributed by atoms with Crippen molar-refractivity contribution in [3.05, 3.63) is 58.0 Å². The van der Waals surface area contributed by atoms with Crippen LogP contribution in [0.4, 0.5) is 0 Å². The normalized spacial score (nSPS) is 20.5. The minimum absolute atomic E-state index is 0.176. The third kappa shape index (κ3) is 1.88. The van der Waals surface area contributed by atoms with Crippen molar-refractivity contribution in [2.75, 3.05) is 7.05 Å². The lowest BCUT2D eigenvalue weighted by molar-refractivity contribution is -0.112. The van der Waals surface area contributed by atoms with Crippen molar-refractivity contribution >= 4 is 5.78 Å². The summed E-state index contributed by atoms with van der Waals surface area (Å²) in [4.78, 5) is 14.1. The predicted molar refractivity (Wildman–Crippen MR) is 74.8 cm³/mol. The summed E-state index contributed by atoms with van der Waals surface area (Å²) >= 11 is 0. The van der Waals surface area contributed by atoms with Crippen LogP contribution in [0.15, 0.2) is 58.0 Å². The maximum absolute atomic E-state index is 12.0. The van der Waals surface area contributed by atoms with Crippen molar-refractivity contribution < 1.29 is 4.79 Å². The highest BCUT2D eigenvalue weighted by Gasteiger charge is 2.24. The zero-order chi connectivity index (χ0) is 13.4. The van der Waals surface area contributed by atoms with Gasteiger partial charge in [-0.05, 0) is 62.1 Å². The van der Waals surface area contributed by atoms with E-state index in [9.17, 15) is 4.79 Å². The maximum Gasteiger partial charge on any atom is 0.184 e. The minimum Gasteiger partial charge on any atom is -0.357 e. The second-order valence-electron chi connectivity index (χ2n) is 4.96. The van der Waals surface area contributed by atoms with Crippen LogP contribution in [-0.2, 0) is 4.79 Å². The van der Waals surface area contributed by atoms with Crippen LogP contribution in [-0.4, -0.2) is 17.7 Å². The molecule has 0 N–H and O–H groups in total. The molecule has 0 aromatic carbocycles. The average Bonchev–Trinajstić information content (AvgIpc) is 2.36. The van der Waals surface area contributed by atoms with Gasteiger partial charge in [0, 0.05) is 30.6 Å². The summed E-state index contributed by atoms with van der Waals surface area (Å²) in [5, 5.41) is 0. The minimum atomic E-state index is 0.176. The molecule has 0 unspecified atom stereocenters. The van der Waals surface area contributed by atoms with E-state index in [-0.39, 0.29) is 5.78 Å². The number of ketones is 1. The smallest absolute Gasteiger partial charge is 0.184 e. The lowest BCUT2D eigenvalue weighted by atomic mass is 9.81. The Morgan fingerprint density at radius 1 is 0.833 bits per heavy atom. The van der Waals surface area contributed by atoms with Crippen LogP contribution in [0.5, 0.6) is 0 Å². The quantitative estimate of drug-likeness (QED) is 0.647. The Labute approximate surface area is 109 Å². The first kappa shape index (κ1) is 12.6. The molecule has 0 saturated heterocycles. The lowest BCUT2D eigenvalue weighted by Gasteiger charge is -2.24. The molecule has 2 rings (SSSR count). The Bertz CT molecular complexity index is 522. The van der Waals surface area contributed by atoms with Crippen LogP contribution in [0.3, 0.4) is 0 Å². The highest BCUT2D eigenvalue weighted by Crippen LogP contribution is 2.35. The molecule has 0 aromatic rings. The highest BCUT2D eigenvalue weighted by molar-refractivity contribution is 6.11. The van der Waals surface area contributed by atoms with E-state index in [2.05, 4.69) is 12.2 Å². The first-order valence-electron chi connectivity index (χ1n) is 6.16. The molecule has 18 heavy (non-hydrogen) atoms. The first-order valence-corrected chi connectivity index (χ1v) is 6.16. The van der Waals surface area contributed by atoms with E-state index in [1.165, 1.54) is 11.1 Å². The van der Waals surface area contributed by atoms with Gasteiger partial charge in [-0.25, -0.2) is 0 Å². The summed E-state index contributed by atoms with van der Waals surface area (Å²) in [6, 6.07) is 0. The van der Waals surface area contributed by atoms with Crippen molar-refractivity contribution in [1.82, 2.24) is 4.90 Å². The van der Waals surface area contributed by atoms with Crippen molar-refractivity contribution in [1.29, 1.82) is 0 Å². The van der Waals surface area contributed by atoms with E-state index < -0.39 is 0 Å². The molecule has 0 spiro atoms. The molecule has 1 aliphatic carbocycles. The van der Waals surface area contributed by atoms with Crippen molar-refractivity contribution in [3.8, 4) is 0 Å². The van der Waals surface area contributed by atoms with E-state index in [1.54, 1.807) is 0 Å². The van der Waals surface area contributed by atoms with Crippen molar-refractivity contribution in [2.24, 2.45) is 0 Å². The fraction of sp³-hybridized carbons (Fsp3) is 0.312. The van der Waals surface area contributed by atoms with E-state index >= 15 is 0 Å². The fourth-order valence-electron chi connectivity index (χ4n) is 2.38. The zero-order valence-corrected chi connectivity index (χ0v) is 11.7. The second-order valence-corrected chi connectivity index (χ2v) is 4.96. The van der Waals surface area contributed by atoms with Crippen molar-refractivity contribution in [2.45, 2.75) is 27.7 Å². The van der Waals surface area contributed by atoms with Crippen LogP contribution in [0.25, 0.3) is 0 Å². The molecule has 2 nitrogen and oxygen atoms in total. The van der Waals surface area contributed by atoms with Gasteiger partial charge in [0.2, 0.25) is 0 Å². The van der Waals surface area contributed by atoms with Gasteiger partial charge in [0.25, 0.3) is 0 Å². The molecule has 0 aromatic heterocycles. The van der Waals surface area contributed by atoms with Gasteiger partial charge in [0.1, 0.15) is 0 Å². The number of nitrogens with zero attached hydrogens (tertiary/aromatic N) is 1. The van der Waals surface area contributed by atoms with Crippen LogP contribution < -0.4 is 0 Å². The Morgan fingerprint density at radius 2 is 1.28 bits per heavy atom. The van der Waals surface area contributed by atoms with Crippen LogP contribution >= 0.6 is 0 Å². The molecule has 0 saturated carbocycles. The molecule has 2 aliphatic rings. The number of rotatable bonds is 0. The third-order valence-corrected chi connectivity index (χ3v) is 3.82. The molecule has 2 heteroatoms. The largest absolute Gasteiger partial charge is 0.357 e. The van der Waals surface area contributed by atoms with Gasteiger partial charge in [-0.2, -0.15) is 0 Å². The van der Waals surface area contributed by atoms with Gasteiger partial charge in [-0.3, -0.25) is 4.79 Å². The van der Waals surface area contributed by atoms with E-state index in [0.717, 1.165) is 22.3 Å². The first-order chi connectivity index (χ1) is 8.43. The number of hydrogen-bond donors (Lipinski definition) is 0. The van der Waals surface area contributed by atoms with E-state index in [1.807, 2.05) is 52.0 Å². The summed E-state index contributed by atoms with van der Waals surface area (Å²) in [5.41, 5.74) is 6.29. The number of allylic oxidation sites excluding steroid dienone is 8. The van der Waals surface area contributed by atoms with Crippen LogP contribution in [0.2, 0.25) is 0 Å². The fourth-order valence-corrected chi connectivity index (χ4v) is 2.38. The van der Waals surface area contributed by atoms with Gasteiger partial charge in [0.05, 0.1) is 0 Å². The van der Waals surface area contributed by atoms with Gasteiger partial charge in [-0.1, -0.05) is 0 Å². The summed E-state index contributed by atoms with van der Waals surface area (Å²) in [7, 11) is 2.00. The second kappa shape index (κ2) is 4.45. The van der Waals surface area contributed by atoms with E-state index in [4.69, 9.17) is 0 Å². The SMILES string of the molecule is CC1=C(C)C(=C2C=CN(C)C=C2)C(C)=C(C)C1=O. The Hall–Kier alpha value is -1.83. The molecule has 0 radical (unpaired) electrons. The topological polar surface area (TPSA) is 20.3 Å². The monoisotopic (exact) mass is 241 g/mol. The predicted octanol–water partition coefficient (Wildman–Crippen LogP) is 3.51. The van der Waals surface area contributed by atoms with Crippen LogP contribution in [0, 0.1) is 0 Å². The van der Waals surface area contributed by atoms with Gasteiger partial charge >= 0.3 is 0 Å². The average molecular weight is 241 g/mol. The number of carbonyl (C=O) groups excluding carboxylic acids is 1. The Morgan fingerprint density at radius 3 is 1.72 bits per heavy atom. The van der Waals surface area contributed by atoms with Crippen LogP contribution in [0.1, 0.15) is 27.7 Å². The standard InChI is InChI=1S/C16H19NO/c1-10-12(3)16(18)13(4)11(2)15(10)14-6-8-17(5)9-7-14/h6-9H,1-5H3. The third-order valence-electron chi connectivity index (χ3n) is 3.82.